The first-order valence-electron chi connectivity index (χ1n) is 8.77. The zero-order valence-corrected chi connectivity index (χ0v) is 14.7. The number of benzene rings is 1. The number of rotatable bonds is 5. The van der Waals surface area contributed by atoms with Gasteiger partial charge in [0.15, 0.2) is 11.5 Å². The Kier molecular flexibility index (Phi) is 4.80. The maximum Gasteiger partial charge on any atom is 0.276 e. The SMILES string of the molecule is O=C(CN1CCN(C(=O)c2cnn(-c3ccccc3)n2)CC1)c1ccco1. The van der Waals surface area contributed by atoms with Gasteiger partial charge in [0.25, 0.3) is 5.91 Å². The highest BCUT2D eigenvalue weighted by atomic mass is 16.3. The Balaban J connectivity index is 1.34. The van der Waals surface area contributed by atoms with Crippen molar-refractivity contribution in [1.29, 1.82) is 0 Å². The summed E-state index contributed by atoms with van der Waals surface area (Å²) in [6, 6.07) is 12.8. The van der Waals surface area contributed by atoms with E-state index in [1.165, 1.54) is 17.3 Å². The lowest BCUT2D eigenvalue weighted by atomic mass is 10.2. The zero-order valence-electron chi connectivity index (χ0n) is 14.7. The Hall–Kier alpha value is -3.26. The fourth-order valence-electron chi connectivity index (χ4n) is 3.04. The van der Waals surface area contributed by atoms with Gasteiger partial charge in [-0.3, -0.25) is 14.5 Å². The van der Waals surface area contributed by atoms with Crippen LogP contribution >= 0.6 is 0 Å². The number of amides is 1. The highest BCUT2D eigenvalue weighted by molar-refractivity contribution is 5.95. The van der Waals surface area contributed by atoms with Crippen molar-refractivity contribution < 1.29 is 14.0 Å². The summed E-state index contributed by atoms with van der Waals surface area (Å²) >= 11 is 0. The minimum atomic E-state index is -0.144. The van der Waals surface area contributed by atoms with Crippen LogP contribution in [0.5, 0.6) is 0 Å². The van der Waals surface area contributed by atoms with Crippen LogP contribution in [0.15, 0.2) is 59.3 Å². The summed E-state index contributed by atoms with van der Waals surface area (Å²) in [5, 5.41) is 8.47. The summed E-state index contributed by atoms with van der Waals surface area (Å²) in [7, 11) is 0. The average Bonchev–Trinajstić information content (AvgIpc) is 3.41. The van der Waals surface area contributed by atoms with E-state index in [-0.39, 0.29) is 11.7 Å². The van der Waals surface area contributed by atoms with Crippen LogP contribution in [0.4, 0.5) is 0 Å². The van der Waals surface area contributed by atoms with Crippen LogP contribution in [0.25, 0.3) is 5.69 Å². The van der Waals surface area contributed by atoms with Gasteiger partial charge in [0.1, 0.15) is 0 Å². The van der Waals surface area contributed by atoms with E-state index in [1.807, 2.05) is 35.2 Å². The summed E-state index contributed by atoms with van der Waals surface area (Å²) in [5.74, 6) is 0.172. The Morgan fingerprint density at radius 3 is 2.48 bits per heavy atom. The number of hydrogen-bond acceptors (Lipinski definition) is 6. The molecule has 1 aromatic carbocycles. The van der Waals surface area contributed by atoms with E-state index in [9.17, 15) is 9.59 Å². The first-order chi connectivity index (χ1) is 13.2. The molecule has 3 aromatic rings. The highest BCUT2D eigenvalue weighted by Crippen LogP contribution is 2.10. The summed E-state index contributed by atoms with van der Waals surface area (Å²) in [6.45, 7) is 2.64. The Labute approximate surface area is 156 Å². The number of furan rings is 1. The molecule has 8 heteroatoms. The van der Waals surface area contributed by atoms with Crippen molar-refractivity contribution in [2.45, 2.75) is 0 Å². The normalized spacial score (nSPS) is 15.0. The van der Waals surface area contributed by atoms with Crippen molar-refractivity contribution in [1.82, 2.24) is 24.8 Å². The van der Waals surface area contributed by atoms with Crippen LogP contribution in [0, 0.1) is 0 Å². The molecular weight excluding hydrogens is 346 g/mol. The third-order valence-electron chi connectivity index (χ3n) is 4.52. The largest absolute Gasteiger partial charge is 0.461 e. The molecule has 138 valence electrons. The number of para-hydroxylation sites is 1. The molecule has 4 rings (SSSR count). The number of piperazine rings is 1. The monoisotopic (exact) mass is 365 g/mol. The van der Waals surface area contributed by atoms with E-state index in [2.05, 4.69) is 10.2 Å². The van der Waals surface area contributed by atoms with E-state index in [0.717, 1.165) is 5.69 Å². The number of ketones is 1. The number of carbonyl (C=O) groups excluding carboxylic acids is 2. The van der Waals surface area contributed by atoms with Crippen molar-refractivity contribution in [2.24, 2.45) is 0 Å². The predicted octanol–water partition coefficient (Wildman–Crippen LogP) is 1.50. The van der Waals surface area contributed by atoms with Crippen LogP contribution < -0.4 is 0 Å². The third kappa shape index (κ3) is 3.80. The first kappa shape index (κ1) is 17.2. The van der Waals surface area contributed by atoms with Gasteiger partial charge < -0.3 is 9.32 Å². The van der Waals surface area contributed by atoms with Crippen LogP contribution in [0.2, 0.25) is 0 Å². The number of nitrogens with zero attached hydrogens (tertiary/aromatic N) is 5. The molecule has 1 aliphatic heterocycles. The van der Waals surface area contributed by atoms with E-state index in [1.54, 1.807) is 17.0 Å². The molecule has 0 atom stereocenters. The maximum atomic E-state index is 12.7. The molecule has 0 unspecified atom stereocenters. The lowest BCUT2D eigenvalue weighted by molar-refractivity contribution is 0.0614. The van der Waals surface area contributed by atoms with Gasteiger partial charge in [-0.15, -0.1) is 5.10 Å². The van der Waals surface area contributed by atoms with E-state index >= 15 is 0 Å². The number of hydrogen-bond donors (Lipinski definition) is 0. The molecule has 0 radical (unpaired) electrons. The first-order valence-corrected chi connectivity index (χ1v) is 8.77. The number of aromatic nitrogens is 3. The fourth-order valence-corrected chi connectivity index (χ4v) is 3.04. The summed E-state index contributed by atoms with van der Waals surface area (Å²) in [6.07, 6.45) is 2.98. The molecule has 3 heterocycles. The molecule has 1 fully saturated rings. The lowest BCUT2D eigenvalue weighted by Crippen LogP contribution is -2.50. The molecule has 0 saturated carbocycles. The second-order valence-electron chi connectivity index (χ2n) is 6.32. The average molecular weight is 365 g/mol. The van der Waals surface area contributed by atoms with Crippen LogP contribution in [0.3, 0.4) is 0 Å². The predicted molar refractivity (Wildman–Crippen MR) is 96.7 cm³/mol. The van der Waals surface area contributed by atoms with Crippen LogP contribution in [-0.4, -0.2) is 69.2 Å². The van der Waals surface area contributed by atoms with Crippen molar-refractivity contribution in [3.05, 3.63) is 66.4 Å². The minimum absolute atomic E-state index is 0.0504. The fraction of sp³-hybridized carbons (Fsp3) is 0.263. The zero-order chi connectivity index (χ0) is 18.6. The lowest BCUT2D eigenvalue weighted by Gasteiger charge is -2.33. The minimum Gasteiger partial charge on any atom is -0.461 e. The molecule has 0 N–H and O–H groups in total. The Morgan fingerprint density at radius 1 is 1.00 bits per heavy atom. The van der Waals surface area contributed by atoms with Gasteiger partial charge in [-0.25, -0.2) is 0 Å². The van der Waals surface area contributed by atoms with Gasteiger partial charge in [0, 0.05) is 26.2 Å². The smallest absolute Gasteiger partial charge is 0.276 e. The second kappa shape index (κ2) is 7.55. The quantitative estimate of drug-likeness (QED) is 0.637. The third-order valence-corrected chi connectivity index (χ3v) is 4.52. The second-order valence-corrected chi connectivity index (χ2v) is 6.32. The molecule has 1 amide bonds. The number of Topliss-reactive ketones (excluding diaryl/α,β-unsaturated/α-hetero) is 1. The van der Waals surface area contributed by atoms with Crippen molar-refractivity contribution in [3.63, 3.8) is 0 Å². The highest BCUT2D eigenvalue weighted by Gasteiger charge is 2.25. The van der Waals surface area contributed by atoms with Crippen LogP contribution in [0.1, 0.15) is 21.0 Å². The molecule has 8 nitrogen and oxygen atoms in total. The summed E-state index contributed by atoms with van der Waals surface area (Å²) in [4.78, 5) is 30.0. The molecule has 0 aliphatic carbocycles. The standard InChI is InChI=1S/C19H19N5O3/c25-17(18-7-4-12-27-18)14-22-8-10-23(11-9-22)19(26)16-13-20-24(21-16)15-5-2-1-3-6-15/h1-7,12-13H,8-11,14H2. The molecule has 0 bridgehead atoms. The van der Waals surface area contributed by atoms with Gasteiger partial charge in [-0.2, -0.15) is 9.90 Å². The molecule has 2 aromatic heterocycles. The van der Waals surface area contributed by atoms with E-state index in [4.69, 9.17) is 4.42 Å². The van der Waals surface area contributed by atoms with Gasteiger partial charge >= 0.3 is 0 Å². The van der Waals surface area contributed by atoms with Gasteiger partial charge in [-0.05, 0) is 24.3 Å². The van der Waals surface area contributed by atoms with E-state index < -0.39 is 0 Å². The molecule has 1 saturated heterocycles. The van der Waals surface area contributed by atoms with Crippen molar-refractivity contribution in [2.75, 3.05) is 32.7 Å². The molecular formula is C19H19N5O3. The molecule has 27 heavy (non-hydrogen) atoms. The molecule has 0 spiro atoms. The topological polar surface area (TPSA) is 84.5 Å². The van der Waals surface area contributed by atoms with Crippen molar-refractivity contribution in [3.8, 4) is 5.69 Å². The Morgan fingerprint density at radius 2 is 1.78 bits per heavy atom. The van der Waals surface area contributed by atoms with Gasteiger partial charge in [0.2, 0.25) is 5.78 Å². The van der Waals surface area contributed by atoms with E-state index in [0.29, 0.717) is 44.2 Å². The van der Waals surface area contributed by atoms with Crippen molar-refractivity contribution >= 4 is 11.7 Å². The summed E-state index contributed by atoms with van der Waals surface area (Å²) in [5.41, 5.74) is 1.12. The molecule has 1 aliphatic rings. The number of carbonyl (C=O) groups is 2. The Bertz CT molecular complexity index is 912. The van der Waals surface area contributed by atoms with Gasteiger partial charge in [-0.1, -0.05) is 18.2 Å². The summed E-state index contributed by atoms with van der Waals surface area (Å²) < 4.78 is 5.13. The van der Waals surface area contributed by atoms with Crippen LogP contribution in [-0.2, 0) is 0 Å². The van der Waals surface area contributed by atoms with Gasteiger partial charge in [0.05, 0.1) is 24.7 Å². The maximum absolute atomic E-state index is 12.7.